The van der Waals surface area contributed by atoms with Crippen LogP contribution in [0.1, 0.15) is 98.3 Å². The van der Waals surface area contributed by atoms with Crippen molar-refractivity contribution >= 4 is 84.6 Å². The van der Waals surface area contributed by atoms with Gasteiger partial charge in [0.15, 0.2) is 52.4 Å². The lowest BCUT2D eigenvalue weighted by atomic mass is 10.1. The Kier molecular flexibility index (Phi) is 19.8. The van der Waals surface area contributed by atoms with Crippen LogP contribution in [-0.4, -0.2) is 168 Å². The first-order valence-electron chi connectivity index (χ1n) is 33.9. The second-order valence-electron chi connectivity index (χ2n) is 25.4. The fourth-order valence-electron chi connectivity index (χ4n) is 12.4. The summed E-state index contributed by atoms with van der Waals surface area (Å²) in [4.78, 5) is 76.5. The number of halogens is 2. The number of nitrogens with two attached hydrogens (primary N) is 4. The lowest BCUT2D eigenvalue weighted by Crippen LogP contribution is -2.11. The van der Waals surface area contributed by atoms with Crippen molar-refractivity contribution in [1.29, 1.82) is 0 Å². The molecule has 0 radical (unpaired) electrons. The molecule has 37 nitrogen and oxygen atoms in total. The van der Waals surface area contributed by atoms with Gasteiger partial charge in [0.1, 0.15) is 28.6 Å². The largest absolute Gasteiger partial charge is 0.366 e. The number of nitrogens with one attached hydrogen (secondary N) is 4. The first-order valence-corrected chi connectivity index (χ1v) is 34.3. The van der Waals surface area contributed by atoms with Crippen molar-refractivity contribution in [2.75, 3.05) is 0 Å². The number of carbonyl (C=O) groups excluding carboxylic acids is 5. The third-order valence-electron chi connectivity index (χ3n) is 17.8. The summed E-state index contributed by atoms with van der Waals surface area (Å²) in [6.07, 6.45) is 7.32. The van der Waals surface area contributed by atoms with Crippen molar-refractivity contribution in [2.45, 2.75) is 88.0 Å². The molecule has 0 unspecified atom stereocenters. The van der Waals surface area contributed by atoms with E-state index >= 15 is 0 Å². The van der Waals surface area contributed by atoms with Crippen LogP contribution in [0.25, 0.3) is 135 Å². The van der Waals surface area contributed by atoms with Crippen molar-refractivity contribution in [3.05, 3.63) is 141 Å². The highest BCUT2D eigenvalue weighted by molar-refractivity contribution is 6.33. The zero-order chi connectivity index (χ0) is 77.7. The van der Waals surface area contributed by atoms with Crippen LogP contribution in [0, 0.1) is 33.5 Å². The highest BCUT2D eigenvalue weighted by Gasteiger charge is 2.26. The number of primary amides is 4. The maximum absolute atomic E-state index is 14.5. The number of amides is 4. The normalized spacial score (nSPS) is 11.4. The Bertz CT molecular complexity index is 6060. The highest BCUT2D eigenvalue weighted by atomic mass is 35.5. The zero-order valence-electron chi connectivity index (χ0n) is 61.0. The van der Waals surface area contributed by atoms with Crippen LogP contribution in [0.3, 0.4) is 0 Å². The molecular formula is C70H72ClFN32O5. The molecule has 0 aliphatic rings. The van der Waals surface area contributed by atoms with E-state index in [-0.39, 0.29) is 23.0 Å². The van der Waals surface area contributed by atoms with Gasteiger partial charge in [-0.1, -0.05) is 11.6 Å². The number of hydrogen-bond acceptors (Lipinski definition) is 21. The zero-order valence-corrected chi connectivity index (χ0v) is 61.7. The van der Waals surface area contributed by atoms with Crippen molar-refractivity contribution in [2.24, 2.45) is 51.1 Å². The Balaban J connectivity index is 0.000000128. The van der Waals surface area contributed by atoms with Crippen LogP contribution < -0.4 is 22.9 Å². The van der Waals surface area contributed by atoms with Crippen LogP contribution in [0.5, 0.6) is 0 Å². The molecule has 4 aromatic carbocycles. The van der Waals surface area contributed by atoms with Gasteiger partial charge in [0.25, 0.3) is 0 Å². The number of ketones is 1. The minimum Gasteiger partial charge on any atom is -0.366 e. The number of carbonyl (C=O) groups is 5. The summed E-state index contributed by atoms with van der Waals surface area (Å²) in [5.74, 6) is 0.994. The van der Waals surface area contributed by atoms with E-state index < -0.39 is 29.4 Å². The van der Waals surface area contributed by atoms with Crippen LogP contribution in [-0.2, 0) is 59.2 Å². The molecule has 4 amide bonds. The van der Waals surface area contributed by atoms with Crippen LogP contribution >= 0.6 is 11.6 Å². The van der Waals surface area contributed by atoms with E-state index in [9.17, 15) is 28.4 Å². The topological polar surface area (TPSA) is 498 Å². The molecule has 12 N–H and O–H groups in total. The summed E-state index contributed by atoms with van der Waals surface area (Å²) in [7, 11) is 7.16. The van der Waals surface area contributed by atoms with E-state index in [1.54, 1.807) is 130 Å². The number of benzene rings is 4. The lowest BCUT2D eigenvalue weighted by Gasteiger charge is -2.04. The minimum atomic E-state index is -0.569. The summed E-state index contributed by atoms with van der Waals surface area (Å²) in [5, 5.41) is 67.1. The number of rotatable bonds is 18. The average Bonchev–Trinajstić information content (AvgIpc) is 1.64. The highest BCUT2D eigenvalue weighted by Crippen LogP contribution is 2.36. The number of aryl methyl sites for hydroxylation is 12. The molecule has 0 fully saturated rings. The van der Waals surface area contributed by atoms with Crippen molar-refractivity contribution < 1.29 is 28.4 Å². The second-order valence-corrected chi connectivity index (χ2v) is 25.8. The smallest absolute Gasteiger partial charge is 0.248 e. The monoisotopic (exact) mass is 1490 g/mol. The Morgan fingerprint density at radius 2 is 0.817 bits per heavy atom. The third kappa shape index (κ3) is 14.3. The predicted molar refractivity (Wildman–Crippen MR) is 400 cm³/mol. The van der Waals surface area contributed by atoms with Gasteiger partial charge in [-0.25, -0.2) is 24.3 Å². The fourth-order valence-corrected chi connectivity index (χ4v) is 12.7. The molecule has 109 heavy (non-hydrogen) atoms. The van der Waals surface area contributed by atoms with Crippen molar-refractivity contribution in [3.8, 4) is 91.6 Å². The summed E-state index contributed by atoms with van der Waals surface area (Å²) in [6, 6.07) is 17.2. The maximum Gasteiger partial charge on any atom is 0.248 e. The summed E-state index contributed by atoms with van der Waals surface area (Å²) < 4.78 is 28.0. The molecule has 0 bridgehead atoms. The van der Waals surface area contributed by atoms with Gasteiger partial charge in [-0.2, -0.15) is 61.2 Å². The van der Waals surface area contributed by atoms with Gasteiger partial charge in [0, 0.05) is 133 Å². The Morgan fingerprint density at radius 3 is 1.24 bits per heavy atom. The molecule has 12 aromatic heterocycles. The Morgan fingerprint density at radius 1 is 0.450 bits per heavy atom. The lowest BCUT2D eigenvalue weighted by molar-refractivity contribution is -0.117. The summed E-state index contributed by atoms with van der Waals surface area (Å²) >= 11 is 6.40. The van der Waals surface area contributed by atoms with Gasteiger partial charge < -0.3 is 22.9 Å². The Hall–Kier alpha value is -14.1. The van der Waals surface area contributed by atoms with E-state index in [1.165, 1.54) is 4.68 Å². The number of aromatic amines is 4. The van der Waals surface area contributed by atoms with Gasteiger partial charge in [0.2, 0.25) is 23.6 Å². The number of H-pyrrole nitrogens is 4. The SMILES string of the molecule is CC(=O)CCn1nc(C)cc1-c1nc(-c2cc(C(N)=O)cc3c2cnn3C)n[nH]1.CCn1nc(C)c(Cl)c1-c1nc(-c2cc(C(N)=O)cc3c2cnn3C)n[nH]1.CCn1nc(C)c(F)c1-c1nc(-c2cc(C(N)=O)cc3c2cnn3C)n[nH]1.CCn1nc(C)cc1-c1nc(-c2cc(C(N)=O)cc3nn(C)cc23)n[nH]1. The second kappa shape index (κ2) is 29.5. The molecule has 0 aliphatic carbocycles. The van der Waals surface area contributed by atoms with E-state index in [0.29, 0.717) is 133 Å². The first kappa shape index (κ1) is 73.3. The number of hydrogen-bond donors (Lipinski definition) is 8. The van der Waals surface area contributed by atoms with Crippen molar-refractivity contribution in [1.82, 2.24) is 139 Å². The molecule has 16 aromatic rings. The van der Waals surface area contributed by atoms with Crippen molar-refractivity contribution in [3.63, 3.8) is 0 Å². The predicted octanol–water partition coefficient (Wildman–Crippen LogP) is 7.35. The molecule has 0 aliphatic heterocycles. The summed E-state index contributed by atoms with van der Waals surface area (Å²) in [6.45, 7) is 17.0. The number of aromatic nitrogens is 28. The first-order chi connectivity index (χ1) is 52.1. The average molecular weight is 1500 g/mol. The number of Topliss-reactive ketones (excluding diaryl/α,β-unsaturated/α-hetero) is 1. The minimum absolute atomic E-state index is 0.0876. The standard InChI is InChI=1S/C19H20N8O2.C17H17ClN8O.C17H17FN8O.C17H18N8O/c1-10-6-16(27(25-10)5-4-11(2)28)19-22-18(23-24-19)13-7-12(17(20)29)8-15-14(13)9-21-26(15)3;2*1-4-26-14(13(18)8(2)24-26)17-21-16(22-23-17)10-5-9(15(19)27)6-12-11(10)7-20-25(12)3;1-4-25-14(5-9(2)22-25)17-19-16(20-21-17)11-6-10(15(18)26)7-13-12(11)8-24(3)23-13/h6-9H,4-5H2,1-3H3,(H2,20,29)(H,22,23,24);2*5-7H,4H2,1-3H3,(H2,19,27)(H,21,22,23);5-8H,4H2,1-3H3,(H2,18,26)(H,19,20,21). The van der Waals surface area contributed by atoms with E-state index in [1.807, 2.05) is 71.6 Å². The molecule has 556 valence electrons. The third-order valence-corrected chi connectivity index (χ3v) is 18.3. The van der Waals surface area contributed by atoms with E-state index in [4.69, 9.17) is 34.5 Å². The van der Waals surface area contributed by atoms with E-state index in [0.717, 1.165) is 67.6 Å². The van der Waals surface area contributed by atoms with E-state index in [2.05, 4.69) is 102 Å². The van der Waals surface area contributed by atoms with Crippen LogP contribution in [0.15, 0.2) is 85.5 Å². The molecule has 12 heterocycles. The van der Waals surface area contributed by atoms with Crippen LogP contribution in [0.2, 0.25) is 5.02 Å². The molecular weight excluding hydrogens is 1420 g/mol. The van der Waals surface area contributed by atoms with Crippen LogP contribution in [0.4, 0.5) is 4.39 Å². The van der Waals surface area contributed by atoms with Gasteiger partial charge in [0.05, 0.1) is 68.5 Å². The number of nitrogens with zero attached hydrogens (tertiary/aromatic N) is 24. The Labute approximate surface area is 621 Å². The van der Waals surface area contributed by atoms with Gasteiger partial charge in [-0.15, -0.1) is 0 Å². The maximum atomic E-state index is 14.5. The molecule has 0 saturated carbocycles. The quantitative estimate of drug-likeness (QED) is 0.0416. The van der Waals surface area contributed by atoms with Gasteiger partial charge >= 0.3 is 0 Å². The van der Waals surface area contributed by atoms with Gasteiger partial charge in [-0.05, 0) is 116 Å². The molecule has 0 spiro atoms. The molecule has 0 saturated heterocycles. The number of fused-ring (bicyclic) bond motifs is 4. The molecule has 39 heteroatoms. The molecule has 0 atom stereocenters. The molecule has 16 rings (SSSR count). The fraction of sp³-hybridized carbons (Fsp3) is 0.243. The van der Waals surface area contributed by atoms with Gasteiger partial charge in [-0.3, -0.25) is 81.8 Å². The summed E-state index contributed by atoms with van der Waals surface area (Å²) in [5.41, 5.74) is 34.0.